The summed E-state index contributed by atoms with van der Waals surface area (Å²) in [5.41, 5.74) is 0.654. The van der Waals surface area contributed by atoms with Crippen molar-refractivity contribution in [1.82, 2.24) is 10.2 Å². The van der Waals surface area contributed by atoms with E-state index in [0.29, 0.717) is 25.3 Å². The molecule has 1 aromatic carbocycles. The molecule has 1 aromatic rings. The number of hydrogen-bond donors (Lipinski definition) is 1. The van der Waals surface area contributed by atoms with E-state index in [2.05, 4.69) is 5.32 Å². The van der Waals surface area contributed by atoms with Gasteiger partial charge < -0.3 is 15.1 Å². The zero-order valence-corrected chi connectivity index (χ0v) is 12.3. The van der Waals surface area contributed by atoms with Crippen LogP contribution in [-0.2, 0) is 4.79 Å². The molecule has 6 heteroatoms. The minimum Gasteiger partial charge on any atom is -0.333 e. The van der Waals surface area contributed by atoms with Crippen molar-refractivity contribution in [2.24, 2.45) is 0 Å². The fourth-order valence-electron chi connectivity index (χ4n) is 2.45. The number of urea groups is 1. The fourth-order valence-corrected chi connectivity index (χ4v) is 2.45. The second kappa shape index (κ2) is 6.56. The van der Waals surface area contributed by atoms with Crippen molar-refractivity contribution >= 4 is 17.6 Å². The van der Waals surface area contributed by atoms with E-state index in [-0.39, 0.29) is 30.2 Å². The Morgan fingerprint density at radius 3 is 2.52 bits per heavy atom. The smallest absolute Gasteiger partial charge is 0.317 e. The first kappa shape index (κ1) is 15.3. The molecule has 3 amide bonds. The van der Waals surface area contributed by atoms with Crippen LogP contribution in [0.1, 0.15) is 20.3 Å². The molecule has 5 nitrogen and oxygen atoms in total. The molecule has 1 aliphatic rings. The Bertz CT molecular complexity index is 514. The maximum absolute atomic E-state index is 12.9. The van der Waals surface area contributed by atoms with Crippen LogP contribution in [-0.4, -0.2) is 42.5 Å². The average molecular weight is 293 g/mol. The molecule has 1 N–H and O–H groups in total. The third-order valence-corrected chi connectivity index (χ3v) is 3.64. The van der Waals surface area contributed by atoms with Gasteiger partial charge in [0.1, 0.15) is 5.82 Å². The van der Waals surface area contributed by atoms with Crippen molar-refractivity contribution in [3.8, 4) is 0 Å². The van der Waals surface area contributed by atoms with Crippen LogP contribution in [0.5, 0.6) is 0 Å². The molecule has 2 rings (SSSR count). The van der Waals surface area contributed by atoms with Crippen LogP contribution in [0.15, 0.2) is 24.3 Å². The Morgan fingerprint density at radius 1 is 1.33 bits per heavy atom. The number of carbonyl (C=O) groups excluding carboxylic acids is 2. The summed E-state index contributed by atoms with van der Waals surface area (Å²) in [5, 5.41) is 2.87. The summed E-state index contributed by atoms with van der Waals surface area (Å²) in [6.07, 6.45) is 0.268. The van der Waals surface area contributed by atoms with E-state index in [4.69, 9.17) is 0 Å². The number of nitrogens with zero attached hydrogens (tertiary/aromatic N) is 2. The van der Waals surface area contributed by atoms with Crippen molar-refractivity contribution in [3.05, 3.63) is 30.1 Å². The predicted octanol–water partition coefficient (Wildman–Crippen LogP) is 1.98. The zero-order chi connectivity index (χ0) is 15.4. The molecule has 0 aliphatic carbocycles. The van der Waals surface area contributed by atoms with Crippen LogP contribution in [0.2, 0.25) is 0 Å². The van der Waals surface area contributed by atoms with Crippen LogP contribution < -0.4 is 10.2 Å². The second-order valence-electron chi connectivity index (χ2n) is 5.00. The molecule has 1 saturated heterocycles. The Hall–Kier alpha value is -2.11. The third kappa shape index (κ3) is 3.51. The third-order valence-electron chi connectivity index (χ3n) is 3.64. The molecular formula is C15H20FN3O2. The van der Waals surface area contributed by atoms with Gasteiger partial charge in [0.05, 0.1) is 6.04 Å². The van der Waals surface area contributed by atoms with Gasteiger partial charge in [-0.25, -0.2) is 9.18 Å². The van der Waals surface area contributed by atoms with Gasteiger partial charge in [-0.2, -0.15) is 0 Å². The van der Waals surface area contributed by atoms with Crippen molar-refractivity contribution in [3.63, 3.8) is 0 Å². The number of rotatable bonds is 4. The Morgan fingerprint density at radius 2 is 1.95 bits per heavy atom. The molecule has 1 atom stereocenters. The van der Waals surface area contributed by atoms with Crippen LogP contribution in [0.25, 0.3) is 0 Å². The zero-order valence-electron chi connectivity index (χ0n) is 12.3. The maximum atomic E-state index is 12.9. The lowest BCUT2D eigenvalue weighted by Crippen LogP contribution is -2.45. The topological polar surface area (TPSA) is 52.7 Å². The van der Waals surface area contributed by atoms with Crippen LogP contribution in [0, 0.1) is 5.82 Å². The normalized spacial score (nSPS) is 18.0. The summed E-state index contributed by atoms with van der Waals surface area (Å²) in [6.45, 7) is 5.49. The monoisotopic (exact) mass is 293 g/mol. The Balaban J connectivity index is 1.99. The van der Waals surface area contributed by atoms with Gasteiger partial charge in [0.25, 0.3) is 0 Å². The number of halogens is 1. The fraction of sp³-hybridized carbons (Fsp3) is 0.467. The summed E-state index contributed by atoms with van der Waals surface area (Å²) < 4.78 is 12.9. The van der Waals surface area contributed by atoms with Gasteiger partial charge in [-0.3, -0.25) is 4.79 Å². The lowest BCUT2D eigenvalue weighted by Gasteiger charge is -2.22. The Labute approximate surface area is 123 Å². The first-order valence-electron chi connectivity index (χ1n) is 7.16. The highest BCUT2D eigenvalue weighted by molar-refractivity contribution is 5.96. The average Bonchev–Trinajstić information content (AvgIpc) is 2.81. The number of carbonyl (C=O) groups is 2. The molecule has 114 valence electrons. The highest BCUT2D eigenvalue weighted by Gasteiger charge is 2.32. The number of hydrogen-bond acceptors (Lipinski definition) is 2. The number of benzene rings is 1. The molecule has 0 saturated carbocycles. The molecular weight excluding hydrogens is 273 g/mol. The van der Waals surface area contributed by atoms with Gasteiger partial charge in [-0.15, -0.1) is 0 Å². The summed E-state index contributed by atoms with van der Waals surface area (Å²) >= 11 is 0. The van der Waals surface area contributed by atoms with Gasteiger partial charge >= 0.3 is 6.03 Å². The van der Waals surface area contributed by atoms with E-state index >= 15 is 0 Å². The molecule has 0 bridgehead atoms. The highest BCUT2D eigenvalue weighted by atomic mass is 19.1. The first-order chi connectivity index (χ1) is 10.0. The molecule has 1 heterocycles. The molecule has 0 aromatic heterocycles. The highest BCUT2D eigenvalue weighted by Crippen LogP contribution is 2.21. The number of nitrogens with one attached hydrogen (secondary N) is 1. The van der Waals surface area contributed by atoms with Gasteiger partial charge in [-0.1, -0.05) is 0 Å². The van der Waals surface area contributed by atoms with Crippen molar-refractivity contribution in [1.29, 1.82) is 0 Å². The molecule has 1 fully saturated rings. The van der Waals surface area contributed by atoms with E-state index in [1.807, 2.05) is 13.8 Å². The maximum Gasteiger partial charge on any atom is 0.317 e. The van der Waals surface area contributed by atoms with Crippen LogP contribution >= 0.6 is 0 Å². The molecule has 1 aliphatic heterocycles. The van der Waals surface area contributed by atoms with Gasteiger partial charge in [0.15, 0.2) is 0 Å². The quantitative estimate of drug-likeness (QED) is 0.923. The standard InChI is InChI=1S/C15H20FN3O2/c1-3-18(4-2)15(21)17-12-9-14(20)19(10-12)13-7-5-11(16)6-8-13/h5-8,12H,3-4,9-10H2,1-2H3,(H,17,21)/t12-/m0/s1. The van der Waals surface area contributed by atoms with Crippen LogP contribution in [0.4, 0.5) is 14.9 Å². The van der Waals surface area contributed by atoms with Gasteiger partial charge in [0.2, 0.25) is 5.91 Å². The number of anilines is 1. The molecule has 0 radical (unpaired) electrons. The summed E-state index contributed by atoms with van der Waals surface area (Å²) in [7, 11) is 0. The predicted molar refractivity (Wildman–Crippen MR) is 78.6 cm³/mol. The Kier molecular flexibility index (Phi) is 4.77. The lowest BCUT2D eigenvalue weighted by atomic mass is 10.2. The van der Waals surface area contributed by atoms with Gasteiger partial charge in [0, 0.05) is 31.7 Å². The van der Waals surface area contributed by atoms with E-state index < -0.39 is 0 Å². The summed E-state index contributed by atoms with van der Waals surface area (Å²) in [6, 6.07) is 5.42. The second-order valence-corrected chi connectivity index (χ2v) is 5.00. The van der Waals surface area contributed by atoms with Crippen molar-refractivity contribution < 1.29 is 14.0 Å². The minimum absolute atomic E-state index is 0.0635. The van der Waals surface area contributed by atoms with Crippen LogP contribution in [0.3, 0.4) is 0 Å². The van der Waals surface area contributed by atoms with E-state index in [1.54, 1.807) is 21.9 Å². The minimum atomic E-state index is -0.336. The van der Waals surface area contributed by atoms with E-state index in [0.717, 1.165) is 0 Å². The SMILES string of the molecule is CCN(CC)C(=O)N[C@H]1CC(=O)N(c2ccc(F)cc2)C1. The first-order valence-corrected chi connectivity index (χ1v) is 7.16. The van der Waals surface area contributed by atoms with E-state index in [9.17, 15) is 14.0 Å². The summed E-state index contributed by atoms with van der Waals surface area (Å²) in [4.78, 5) is 27.3. The largest absolute Gasteiger partial charge is 0.333 e. The lowest BCUT2D eigenvalue weighted by molar-refractivity contribution is -0.117. The van der Waals surface area contributed by atoms with E-state index in [1.165, 1.54) is 12.1 Å². The summed E-state index contributed by atoms with van der Waals surface area (Å²) in [5.74, 6) is -0.400. The van der Waals surface area contributed by atoms with Crippen molar-refractivity contribution in [2.45, 2.75) is 26.3 Å². The molecule has 0 spiro atoms. The number of amides is 3. The van der Waals surface area contributed by atoms with Crippen molar-refractivity contribution in [2.75, 3.05) is 24.5 Å². The molecule has 0 unspecified atom stereocenters. The van der Waals surface area contributed by atoms with Gasteiger partial charge in [-0.05, 0) is 38.1 Å². The molecule has 21 heavy (non-hydrogen) atoms.